The van der Waals surface area contributed by atoms with Gasteiger partial charge in [0.05, 0.1) is 26.4 Å². The fourth-order valence-electron chi connectivity index (χ4n) is 10.9. The molecular weight excluding hydrogens is 1200 g/mol. The van der Waals surface area contributed by atoms with Gasteiger partial charge in [-0.2, -0.15) is 0 Å². The van der Waals surface area contributed by atoms with Crippen LogP contribution in [0.5, 0.6) is 0 Å². The van der Waals surface area contributed by atoms with Crippen LogP contribution < -0.4 is 0 Å². The monoisotopic (exact) mass is 1340 g/mol. The number of aliphatic hydroxyl groups is 1. The number of unbranched alkanes of at least 4 members (excludes halogenated alkanes) is 39. The highest BCUT2D eigenvalue weighted by atomic mass is 31.2. The van der Waals surface area contributed by atoms with Crippen LogP contribution in [0.1, 0.15) is 369 Å². The standard InChI is InChI=1S/C72H140O17P2/c1-7-11-13-15-17-19-21-23-25-27-29-31-33-35-44-50-56-71(76)88-67(60-82-69(74)54-48-42-34-32-30-28-26-24-22-20-18-16-14-12-8-2)62-86-90(78,79)84-58-66(73)59-85-91(80,81)87-63-68(89-72(77)57-51-45-39-37-41-47-53-65(6)10-4)61-83-70(75)55-49-43-38-36-40-46-52-64(5)9-3/h64-68,73H,7-63H2,1-6H3,(H,78,79)(H,80,81)/t64?,65?,66-,67-,68-/m1/s1. The Kier molecular flexibility index (Phi) is 62.7. The number of hydrogen-bond acceptors (Lipinski definition) is 15. The maximum absolute atomic E-state index is 13.0. The summed E-state index contributed by atoms with van der Waals surface area (Å²) in [6, 6.07) is 0. The Morgan fingerprint density at radius 2 is 0.527 bits per heavy atom. The van der Waals surface area contributed by atoms with Gasteiger partial charge in [-0.25, -0.2) is 9.13 Å². The number of carbonyl (C=O) groups excluding carboxylic acids is 4. The van der Waals surface area contributed by atoms with E-state index in [1.54, 1.807) is 0 Å². The summed E-state index contributed by atoms with van der Waals surface area (Å²) in [5.74, 6) is -0.673. The lowest BCUT2D eigenvalue weighted by atomic mass is 10.00. The van der Waals surface area contributed by atoms with Gasteiger partial charge in [0.2, 0.25) is 0 Å². The lowest BCUT2D eigenvalue weighted by Crippen LogP contribution is -2.30. The van der Waals surface area contributed by atoms with Crippen LogP contribution in [0.25, 0.3) is 0 Å². The fraction of sp³-hybridized carbons (Fsp3) is 0.944. The highest BCUT2D eigenvalue weighted by Crippen LogP contribution is 2.45. The van der Waals surface area contributed by atoms with Gasteiger partial charge >= 0.3 is 39.5 Å². The minimum Gasteiger partial charge on any atom is -0.462 e. The van der Waals surface area contributed by atoms with Crippen molar-refractivity contribution in [2.45, 2.75) is 387 Å². The van der Waals surface area contributed by atoms with E-state index in [-0.39, 0.29) is 25.7 Å². The first kappa shape index (κ1) is 89.1. The highest BCUT2D eigenvalue weighted by Gasteiger charge is 2.30. The van der Waals surface area contributed by atoms with Crippen LogP contribution in [-0.2, 0) is 65.4 Å². The van der Waals surface area contributed by atoms with Crippen LogP contribution in [0, 0.1) is 11.8 Å². The van der Waals surface area contributed by atoms with Gasteiger partial charge in [-0.1, -0.05) is 318 Å². The molecule has 91 heavy (non-hydrogen) atoms. The third kappa shape index (κ3) is 63.9. The zero-order valence-electron chi connectivity index (χ0n) is 59.1. The average molecular weight is 1340 g/mol. The van der Waals surface area contributed by atoms with Crippen molar-refractivity contribution < 1.29 is 80.2 Å². The molecule has 0 aromatic heterocycles. The van der Waals surface area contributed by atoms with Crippen LogP contribution >= 0.6 is 15.6 Å². The number of aliphatic hydroxyl groups excluding tert-OH is 1. The van der Waals surface area contributed by atoms with Gasteiger partial charge in [-0.05, 0) is 37.5 Å². The first-order valence-electron chi connectivity index (χ1n) is 37.6. The zero-order valence-corrected chi connectivity index (χ0v) is 60.9. The van der Waals surface area contributed by atoms with Crippen LogP contribution in [0.15, 0.2) is 0 Å². The summed E-state index contributed by atoms with van der Waals surface area (Å²) >= 11 is 0. The zero-order chi connectivity index (χ0) is 67.2. The molecule has 0 aromatic carbocycles. The van der Waals surface area contributed by atoms with Gasteiger partial charge in [-0.15, -0.1) is 0 Å². The number of phosphoric acid groups is 2. The van der Waals surface area contributed by atoms with Crippen LogP contribution in [-0.4, -0.2) is 96.7 Å². The van der Waals surface area contributed by atoms with Gasteiger partial charge in [-0.3, -0.25) is 37.3 Å². The summed E-state index contributed by atoms with van der Waals surface area (Å²) in [6.07, 6.45) is 50.0. The Balaban J connectivity index is 5.24. The van der Waals surface area contributed by atoms with Gasteiger partial charge in [0.1, 0.15) is 19.3 Å². The number of phosphoric ester groups is 2. The SMILES string of the molecule is CCCCCCCCCCCCCCCCCCC(=O)O[C@H](COC(=O)CCCCCCCCCCCCCCCCC)COP(=O)(O)OC[C@@H](O)COP(=O)(O)OC[C@@H](COC(=O)CCCCCCCCC(C)CC)OC(=O)CCCCCCCCC(C)CC. The molecule has 0 heterocycles. The van der Waals surface area contributed by atoms with E-state index >= 15 is 0 Å². The number of rotatable bonds is 71. The third-order valence-corrected chi connectivity index (χ3v) is 19.3. The van der Waals surface area contributed by atoms with Crippen molar-refractivity contribution in [1.29, 1.82) is 0 Å². The lowest BCUT2D eigenvalue weighted by molar-refractivity contribution is -0.161. The lowest BCUT2D eigenvalue weighted by Gasteiger charge is -2.21. The molecule has 540 valence electrons. The summed E-state index contributed by atoms with van der Waals surface area (Å²) in [6.45, 7) is 9.48. The smallest absolute Gasteiger partial charge is 0.462 e. The molecule has 0 aliphatic heterocycles. The summed E-state index contributed by atoms with van der Waals surface area (Å²) < 4.78 is 68.3. The Labute approximate surface area is 556 Å². The van der Waals surface area contributed by atoms with E-state index in [0.29, 0.717) is 25.7 Å². The van der Waals surface area contributed by atoms with Gasteiger partial charge in [0.15, 0.2) is 12.2 Å². The molecular formula is C72H140O17P2. The largest absolute Gasteiger partial charge is 0.472 e. The van der Waals surface area contributed by atoms with E-state index in [1.165, 1.54) is 180 Å². The average Bonchev–Trinajstić information content (AvgIpc) is 2.83. The maximum Gasteiger partial charge on any atom is 0.472 e. The van der Waals surface area contributed by atoms with Crippen molar-refractivity contribution in [3.8, 4) is 0 Å². The molecule has 0 spiro atoms. The topological polar surface area (TPSA) is 237 Å². The molecule has 17 nitrogen and oxygen atoms in total. The second kappa shape index (κ2) is 64.1. The molecule has 3 N–H and O–H groups in total. The fourth-order valence-corrected chi connectivity index (χ4v) is 12.5. The van der Waals surface area contributed by atoms with Crippen molar-refractivity contribution in [2.24, 2.45) is 11.8 Å². The molecule has 0 aliphatic rings. The summed E-state index contributed by atoms with van der Waals surface area (Å²) in [5, 5.41) is 10.6. The summed E-state index contributed by atoms with van der Waals surface area (Å²) in [4.78, 5) is 72.6. The van der Waals surface area contributed by atoms with E-state index in [2.05, 4.69) is 41.5 Å². The van der Waals surface area contributed by atoms with Crippen molar-refractivity contribution >= 4 is 39.5 Å². The van der Waals surface area contributed by atoms with Crippen LogP contribution in [0.2, 0.25) is 0 Å². The first-order valence-corrected chi connectivity index (χ1v) is 40.6. The summed E-state index contributed by atoms with van der Waals surface area (Å²) in [7, 11) is -9.90. The molecule has 0 amide bonds. The number of carbonyl (C=O) groups is 4. The first-order chi connectivity index (χ1) is 43.9. The van der Waals surface area contributed by atoms with Gasteiger partial charge in [0, 0.05) is 25.7 Å². The molecule has 0 saturated heterocycles. The van der Waals surface area contributed by atoms with Crippen LogP contribution in [0.3, 0.4) is 0 Å². The molecule has 0 fully saturated rings. The number of esters is 4. The number of hydrogen-bond donors (Lipinski definition) is 3. The summed E-state index contributed by atoms with van der Waals surface area (Å²) in [5.41, 5.74) is 0. The van der Waals surface area contributed by atoms with E-state index in [1.807, 2.05) is 0 Å². The van der Waals surface area contributed by atoms with E-state index in [0.717, 1.165) is 108 Å². The van der Waals surface area contributed by atoms with Crippen molar-refractivity contribution in [3.05, 3.63) is 0 Å². The van der Waals surface area contributed by atoms with Crippen LogP contribution in [0.4, 0.5) is 0 Å². The van der Waals surface area contributed by atoms with Gasteiger partial charge < -0.3 is 33.8 Å². The highest BCUT2D eigenvalue weighted by molar-refractivity contribution is 7.47. The minimum atomic E-state index is -4.95. The molecule has 4 unspecified atom stereocenters. The Morgan fingerprint density at radius 3 is 0.780 bits per heavy atom. The second-order valence-electron chi connectivity index (χ2n) is 26.5. The molecule has 0 bridgehead atoms. The van der Waals surface area contributed by atoms with Crippen molar-refractivity contribution in [3.63, 3.8) is 0 Å². The Bertz CT molecular complexity index is 1770. The van der Waals surface area contributed by atoms with Crippen molar-refractivity contribution in [1.82, 2.24) is 0 Å². The predicted octanol–water partition coefficient (Wildman–Crippen LogP) is 20.8. The Hall–Kier alpha value is -1.94. The predicted molar refractivity (Wildman–Crippen MR) is 368 cm³/mol. The van der Waals surface area contributed by atoms with Crippen molar-refractivity contribution in [2.75, 3.05) is 39.6 Å². The quantitative estimate of drug-likeness (QED) is 0.0222. The minimum absolute atomic E-state index is 0.102. The van der Waals surface area contributed by atoms with Gasteiger partial charge in [0.25, 0.3) is 0 Å². The number of ether oxygens (including phenoxy) is 4. The van der Waals surface area contributed by atoms with E-state index < -0.39 is 97.5 Å². The third-order valence-electron chi connectivity index (χ3n) is 17.4. The molecule has 19 heteroatoms. The molecule has 7 atom stereocenters. The normalized spacial score (nSPS) is 14.7. The molecule has 0 aromatic rings. The molecule has 0 saturated carbocycles. The van der Waals surface area contributed by atoms with E-state index in [4.69, 9.17) is 37.0 Å². The molecule has 0 rings (SSSR count). The second-order valence-corrected chi connectivity index (χ2v) is 29.4. The van der Waals surface area contributed by atoms with E-state index in [9.17, 15) is 43.2 Å². The maximum atomic E-state index is 13.0. The molecule has 0 radical (unpaired) electrons. The molecule has 0 aliphatic carbocycles. The Morgan fingerprint density at radius 1 is 0.308 bits per heavy atom.